The molecule has 0 fully saturated rings. The zero-order valence-corrected chi connectivity index (χ0v) is 17.6. The van der Waals surface area contributed by atoms with Crippen molar-refractivity contribution in [3.63, 3.8) is 0 Å². The van der Waals surface area contributed by atoms with Crippen molar-refractivity contribution in [2.24, 2.45) is 5.92 Å². The lowest BCUT2D eigenvalue weighted by molar-refractivity contribution is 0.102. The third kappa shape index (κ3) is 4.31. The molecule has 0 saturated carbocycles. The van der Waals surface area contributed by atoms with Crippen LogP contribution in [0.1, 0.15) is 29.8 Å². The fourth-order valence-electron chi connectivity index (χ4n) is 3.32. The topological polar surface area (TPSA) is 74.0 Å². The molecule has 0 saturated heterocycles. The Morgan fingerprint density at radius 3 is 2.52 bits per heavy atom. The van der Waals surface area contributed by atoms with Gasteiger partial charge in [-0.15, -0.1) is 0 Å². The van der Waals surface area contributed by atoms with E-state index in [0.29, 0.717) is 47.3 Å². The fourth-order valence-corrected chi connectivity index (χ4v) is 3.32. The van der Waals surface area contributed by atoms with Gasteiger partial charge in [-0.3, -0.25) is 4.79 Å². The van der Waals surface area contributed by atoms with Crippen LogP contribution >= 0.6 is 0 Å². The molecule has 1 aliphatic heterocycles. The number of allylic oxidation sites excluding steroid dienone is 1. The van der Waals surface area contributed by atoms with Crippen LogP contribution in [0.2, 0.25) is 0 Å². The number of benzene rings is 2. The number of nitrogen functional groups attached to an aromatic ring is 1. The van der Waals surface area contributed by atoms with Crippen LogP contribution in [0.3, 0.4) is 0 Å². The van der Waals surface area contributed by atoms with Gasteiger partial charge in [0, 0.05) is 25.2 Å². The lowest BCUT2D eigenvalue weighted by atomic mass is 9.92. The van der Waals surface area contributed by atoms with E-state index < -0.39 is 0 Å². The van der Waals surface area contributed by atoms with E-state index in [0.717, 1.165) is 11.3 Å². The predicted octanol–water partition coefficient (Wildman–Crippen LogP) is 4.04. The summed E-state index contributed by atoms with van der Waals surface area (Å²) in [7, 11) is 5.43. The number of ketones is 1. The van der Waals surface area contributed by atoms with Crippen LogP contribution < -0.4 is 24.8 Å². The Morgan fingerprint density at radius 2 is 1.90 bits per heavy atom. The highest BCUT2D eigenvalue weighted by Gasteiger charge is 2.21. The zero-order valence-electron chi connectivity index (χ0n) is 17.6. The number of Topliss-reactive ketones (excluding diaryl/α,β-unsaturated/α-hetero) is 1. The molecule has 0 bridgehead atoms. The van der Waals surface area contributed by atoms with Crippen LogP contribution in [0.15, 0.2) is 35.9 Å². The number of hydrogen-bond donors (Lipinski definition) is 1. The molecular formula is C23H28N2O4. The molecule has 0 aromatic heterocycles. The minimum absolute atomic E-state index is 0.0245. The molecule has 2 aromatic carbocycles. The molecule has 29 heavy (non-hydrogen) atoms. The third-order valence-corrected chi connectivity index (χ3v) is 4.83. The molecule has 0 unspecified atom stereocenters. The van der Waals surface area contributed by atoms with E-state index in [1.807, 2.05) is 63.2 Å². The molecule has 1 aliphatic rings. The number of methoxy groups -OCH3 is 1. The minimum atomic E-state index is -0.0501. The van der Waals surface area contributed by atoms with Gasteiger partial charge in [-0.1, -0.05) is 13.8 Å². The molecule has 6 heteroatoms. The van der Waals surface area contributed by atoms with Crippen molar-refractivity contribution in [2.75, 3.05) is 45.1 Å². The molecule has 2 aromatic rings. The molecule has 1 heterocycles. The Kier molecular flexibility index (Phi) is 6.01. The highest BCUT2D eigenvalue weighted by Crippen LogP contribution is 2.41. The Morgan fingerprint density at radius 1 is 1.17 bits per heavy atom. The molecule has 3 rings (SSSR count). The molecule has 0 atom stereocenters. The van der Waals surface area contributed by atoms with Crippen LogP contribution in [0.5, 0.6) is 17.2 Å². The number of nitrogens with zero attached hydrogens (tertiary/aromatic N) is 1. The van der Waals surface area contributed by atoms with Gasteiger partial charge < -0.3 is 24.8 Å². The maximum absolute atomic E-state index is 13.2. The lowest BCUT2D eigenvalue weighted by Gasteiger charge is -2.21. The number of anilines is 2. The molecule has 0 radical (unpaired) electrons. The number of hydrogen-bond acceptors (Lipinski definition) is 6. The van der Waals surface area contributed by atoms with Crippen molar-refractivity contribution < 1.29 is 19.0 Å². The average molecular weight is 396 g/mol. The van der Waals surface area contributed by atoms with Gasteiger partial charge in [0.25, 0.3) is 0 Å². The number of rotatable bonds is 6. The standard InChI is InChI=1S/C23H28N2O4/c1-14(2)17(22(26)16-6-7-19(25(3)4)18(24)13-16)10-15-11-20(27-5)23-21(12-15)28-8-9-29-23/h6-7,10-14H,8-9,24H2,1-5H3/b17-10+. The monoisotopic (exact) mass is 396 g/mol. The first-order valence-electron chi connectivity index (χ1n) is 9.62. The number of carbonyl (C=O) groups excluding carboxylic acids is 1. The third-order valence-electron chi connectivity index (χ3n) is 4.83. The average Bonchev–Trinajstić information content (AvgIpc) is 2.70. The second-order valence-corrected chi connectivity index (χ2v) is 7.50. The van der Waals surface area contributed by atoms with Crippen LogP contribution in [0.4, 0.5) is 11.4 Å². The summed E-state index contributed by atoms with van der Waals surface area (Å²) in [6.45, 7) is 4.96. The zero-order chi connectivity index (χ0) is 21.1. The Hall–Kier alpha value is -3.15. The predicted molar refractivity (Wildman–Crippen MR) is 116 cm³/mol. The summed E-state index contributed by atoms with van der Waals surface area (Å²) in [5.41, 5.74) is 9.67. The van der Waals surface area contributed by atoms with Crippen molar-refractivity contribution in [1.82, 2.24) is 0 Å². The smallest absolute Gasteiger partial charge is 0.203 e. The molecule has 0 aliphatic carbocycles. The number of carbonyl (C=O) groups is 1. The van der Waals surface area contributed by atoms with Crippen LogP contribution in [-0.4, -0.2) is 40.2 Å². The van der Waals surface area contributed by atoms with Crippen molar-refractivity contribution >= 4 is 23.2 Å². The highest BCUT2D eigenvalue weighted by atomic mass is 16.6. The van der Waals surface area contributed by atoms with Gasteiger partial charge in [0.2, 0.25) is 5.75 Å². The second-order valence-electron chi connectivity index (χ2n) is 7.50. The van der Waals surface area contributed by atoms with Crippen LogP contribution in [0, 0.1) is 5.92 Å². The van der Waals surface area contributed by atoms with Gasteiger partial charge in [0.1, 0.15) is 13.2 Å². The fraction of sp³-hybridized carbons (Fsp3) is 0.348. The first-order chi connectivity index (χ1) is 13.8. The Balaban J connectivity index is 2.01. The van der Waals surface area contributed by atoms with E-state index in [2.05, 4.69) is 0 Å². The quantitative estimate of drug-likeness (QED) is 0.451. The Labute approximate surface area is 171 Å². The largest absolute Gasteiger partial charge is 0.493 e. The Bertz CT molecular complexity index is 931. The summed E-state index contributed by atoms with van der Waals surface area (Å²) < 4.78 is 16.8. The molecule has 0 spiro atoms. The summed E-state index contributed by atoms with van der Waals surface area (Å²) in [5.74, 6) is 1.78. The minimum Gasteiger partial charge on any atom is -0.493 e. The number of ether oxygens (including phenoxy) is 3. The molecule has 2 N–H and O–H groups in total. The summed E-state index contributed by atoms with van der Waals surface area (Å²) in [6, 6.07) is 9.14. The van der Waals surface area contributed by atoms with E-state index in [-0.39, 0.29) is 11.7 Å². The van der Waals surface area contributed by atoms with Gasteiger partial charge in [0.15, 0.2) is 17.3 Å². The SMILES string of the molecule is COc1cc(/C=C(/C(=O)c2ccc(N(C)C)c(N)c2)C(C)C)cc2c1OCCO2. The van der Waals surface area contributed by atoms with Gasteiger partial charge in [-0.2, -0.15) is 0 Å². The van der Waals surface area contributed by atoms with Gasteiger partial charge in [0.05, 0.1) is 18.5 Å². The summed E-state index contributed by atoms with van der Waals surface area (Å²) in [4.78, 5) is 15.2. The number of fused-ring (bicyclic) bond motifs is 1. The summed E-state index contributed by atoms with van der Waals surface area (Å²) in [6.07, 6.45) is 1.88. The van der Waals surface area contributed by atoms with Crippen molar-refractivity contribution in [2.45, 2.75) is 13.8 Å². The van der Waals surface area contributed by atoms with E-state index in [1.165, 1.54) is 0 Å². The van der Waals surface area contributed by atoms with E-state index in [9.17, 15) is 4.79 Å². The van der Waals surface area contributed by atoms with Gasteiger partial charge >= 0.3 is 0 Å². The van der Waals surface area contributed by atoms with E-state index in [4.69, 9.17) is 19.9 Å². The normalized spacial score (nSPS) is 13.4. The maximum Gasteiger partial charge on any atom is 0.203 e. The van der Waals surface area contributed by atoms with Crippen molar-refractivity contribution in [3.8, 4) is 17.2 Å². The second kappa shape index (κ2) is 8.47. The summed E-state index contributed by atoms with van der Waals surface area (Å²) >= 11 is 0. The van der Waals surface area contributed by atoms with E-state index >= 15 is 0 Å². The first kappa shape index (κ1) is 20.6. The maximum atomic E-state index is 13.2. The molecule has 154 valence electrons. The van der Waals surface area contributed by atoms with E-state index in [1.54, 1.807) is 13.2 Å². The highest BCUT2D eigenvalue weighted by molar-refractivity contribution is 6.12. The van der Waals surface area contributed by atoms with Crippen molar-refractivity contribution in [1.29, 1.82) is 0 Å². The molecule has 6 nitrogen and oxygen atoms in total. The van der Waals surface area contributed by atoms with Crippen LogP contribution in [0.25, 0.3) is 6.08 Å². The van der Waals surface area contributed by atoms with Gasteiger partial charge in [-0.25, -0.2) is 0 Å². The molecular weight excluding hydrogens is 368 g/mol. The van der Waals surface area contributed by atoms with Gasteiger partial charge in [-0.05, 0) is 47.9 Å². The summed E-state index contributed by atoms with van der Waals surface area (Å²) in [5, 5.41) is 0. The molecule has 0 amide bonds. The van der Waals surface area contributed by atoms with Crippen LogP contribution in [-0.2, 0) is 0 Å². The number of nitrogens with two attached hydrogens (primary N) is 1. The lowest BCUT2D eigenvalue weighted by Crippen LogP contribution is -2.16. The first-order valence-corrected chi connectivity index (χ1v) is 9.62. The van der Waals surface area contributed by atoms with Crippen molar-refractivity contribution in [3.05, 3.63) is 47.0 Å².